The third-order valence-electron chi connectivity index (χ3n) is 4.73. The van der Waals surface area contributed by atoms with Crippen LogP contribution in [-0.4, -0.2) is 16.1 Å². The van der Waals surface area contributed by atoms with E-state index < -0.39 is 0 Å². The summed E-state index contributed by atoms with van der Waals surface area (Å²) in [7, 11) is 0. The van der Waals surface area contributed by atoms with Gasteiger partial charge in [-0.3, -0.25) is 0 Å². The molecule has 1 aliphatic carbocycles. The van der Waals surface area contributed by atoms with Crippen LogP contribution in [0.3, 0.4) is 0 Å². The summed E-state index contributed by atoms with van der Waals surface area (Å²) < 4.78 is 4.22. The highest BCUT2D eigenvalue weighted by Gasteiger charge is 2.31. The summed E-state index contributed by atoms with van der Waals surface area (Å²) in [6, 6.07) is 0.468. The molecule has 1 atom stereocenters. The quantitative estimate of drug-likeness (QED) is 0.838. The molecule has 0 radical (unpaired) electrons. The molecule has 1 heterocycles. The monoisotopic (exact) mass is 295 g/mol. The Morgan fingerprint density at radius 2 is 1.90 bits per heavy atom. The van der Waals surface area contributed by atoms with Crippen molar-refractivity contribution in [1.29, 1.82) is 0 Å². The van der Waals surface area contributed by atoms with Crippen LogP contribution in [0, 0.1) is 11.8 Å². The van der Waals surface area contributed by atoms with Crippen LogP contribution in [0.5, 0.6) is 0 Å². The normalized spacial score (nSPS) is 25.1. The van der Waals surface area contributed by atoms with Gasteiger partial charge in [-0.25, -0.2) is 0 Å². The Labute approximate surface area is 127 Å². The van der Waals surface area contributed by atoms with E-state index >= 15 is 0 Å². The van der Waals surface area contributed by atoms with Gasteiger partial charge in [0, 0.05) is 6.04 Å². The Balaban J connectivity index is 2.12. The van der Waals surface area contributed by atoms with Crippen LogP contribution in [-0.2, 0) is 0 Å². The van der Waals surface area contributed by atoms with Gasteiger partial charge in [-0.15, -0.1) is 5.10 Å². The number of hydrogen-bond acceptors (Lipinski definition) is 4. The molecular weight excluding hydrogens is 266 g/mol. The van der Waals surface area contributed by atoms with Gasteiger partial charge in [0.15, 0.2) is 0 Å². The average Bonchev–Trinajstić information content (AvgIpc) is 2.94. The first-order valence-electron chi connectivity index (χ1n) is 8.22. The van der Waals surface area contributed by atoms with Crippen LogP contribution in [0.25, 0.3) is 0 Å². The maximum Gasteiger partial charge on any atom is 0.0829 e. The lowest BCUT2D eigenvalue weighted by Gasteiger charge is -2.34. The van der Waals surface area contributed by atoms with Gasteiger partial charge in [-0.2, -0.15) is 0 Å². The molecule has 0 bridgehead atoms. The molecule has 1 aromatic heterocycles. The van der Waals surface area contributed by atoms with Crippen LogP contribution >= 0.6 is 11.5 Å². The van der Waals surface area contributed by atoms with Crippen LogP contribution < -0.4 is 5.32 Å². The fraction of sp³-hybridized carbons (Fsp3) is 0.875. The predicted octanol–water partition coefficient (Wildman–Crippen LogP) is 4.53. The molecule has 0 spiro atoms. The summed E-state index contributed by atoms with van der Waals surface area (Å²) in [5.41, 5.74) is 1.21. The second-order valence-electron chi connectivity index (χ2n) is 6.40. The van der Waals surface area contributed by atoms with E-state index in [9.17, 15) is 0 Å². The van der Waals surface area contributed by atoms with E-state index in [1.165, 1.54) is 42.7 Å². The molecule has 2 rings (SSSR count). The summed E-state index contributed by atoms with van der Waals surface area (Å²) in [5.74, 6) is 2.19. The predicted molar refractivity (Wildman–Crippen MR) is 86.2 cm³/mol. The highest BCUT2D eigenvalue weighted by atomic mass is 32.1. The van der Waals surface area contributed by atoms with E-state index in [2.05, 4.69) is 42.6 Å². The summed E-state index contributed by atoms with van der Waals surface area (Å²) >= 11 is 1.60. The Morgan fingerprint density at radius 3 is 2.45 bits per heavy atom. The first-order chi connectivity index (χ1) is 9.67. The van der Waals surface area contributed by atoms with Crippen molar-refractivity contribution >= 4 is 11.5 Å². The lowest BCUT2D eigenvalue weighted by molar-refractivity contribution is 0.221. The zero-order valence-corrected chi connectivity index (χ0v) is 14.2. The van der Waals surface area contributed by atoms with Gasteiger partial charge in [0.25, 0.3) is 0 Å². The molecule has 1 N–H and O–H groups in total. The topological polar surface area (TPSA) is 37.8 Å². The first kappa shape index (κ1) is 15.9. The highest BCUT2D eigenvalue weighted by Crippen LogP contribution is 2.40. The molecule has 3 nitrogen and oxygen atoms in total. The zero-order valence-electron chi connectivity index (χ0n) is 13.4. The van der Waals surface area contributed by atoms with Crippen molar-refractivity contribution in [3.8, 4) is 0 Å². The van der Waals surface area contributed by atoms with Gasteiger partial charge >= 0.3 is 0 Å². The van der Waals surface area contributed by atoms with Gasteiger partial charge < -0.3 is 5.32 Å². The largest absolute Gasteiger partial charge is 0.309 e. The number of nitrogens with zero attached hydrogens (tertiary/aromatic N) is 2. The lowest BCUT2D eigenvalue weighted by Crippen LogP contribution is -2.31. The second kappa shape index (κ2) is 7.51. The number of hydrogen-bond donors (Lipinski definition) is 1. The molecular formula is C16H29N3S. The third-order valence-corrected chi connectivity index (χ3v) is 5.56. The average molecular weight is 295 g/mol. The number of aromatic nitrogens is 2. The van der Waals surface area contributed by atoms with Gasteiger partial charge in [-0.1, -0.05) is 51.4 Å². The Hall–Kier alpha value is -0.480. The van der Waals surface area contributed by atoms with E-state index in [1.807, 2.05) is 0 Å². The van der Waals surface area contributed by atoms with Crippen molar-refractivity contribution in [2.24, 2.45) is 11.8 Å². The fourth-order valence-electron chi connectivity index (χ4n) is 3.44. The van der Waals surface area contributed by atoms with Crippen molar-refractivity contribution < 1.29 is 0 Å². The number of rotatable bonds is 6. The van der Waals surface area contributed by atoms with E-state index in [1.54, 1.807) is 11.5 Å². The Bertz CT molecular complexity index is 394. The van der Waals surface area contributed by atoms with Crippen molar-refractivity contribution in [1.82, 2.24) is 14.9 Å². The van der Waals surface area contributed by atoms with Crippen LogP contribution in [0.1, 0.15) is 82.3 Å². The standard InChI is InChI=1S/C16H29N3S/c1-5-12-7-9-13(10-8-12)15(17-6-2)16-14(11(3)4)18-19-20-16/h11-13,15,17H,5-10H2,1-4H3. The van der Waals surface area contributed by atoms with Gasteiger partial charge in [0.1, 0.15) is 0 Å². The minimum absolute atomic E-state index is 0.468. The molecule has 1 unspecified atom stereocenters. The minimum Gasteiger partial charge on any atom is -0.309 e. The highest BCUT2D eigenvalue weighted by molar-refractivity contribution is 7.05. The SMILES string of the molecule is CCNC(c1snnc1C(C)C)C1CCC(CC)CC1. The van der Waals surface area contributed by atoms with Gasteiger partial charge in [0.05, 0.1) is 10.6 Å². The first-order valence-corrected chi connectivity index (χ1v) is 9.00. The lowest BCUT2D eigenvalue weighted by atomic mass is 9.77. The molecule has 0 amide bonds. The molecule has 1 aromatic rings. The summed E-state index contributed by atoms with van der Waals surface area (Å²) in [5, 5.41) is 8.09. The van der Waals surface area contributed by atoms with Crippen LogP contribution in [0.2, 0.25) is 0 Å². The summed E-state index contributed by atoms with van der Waals surface area (Å²) in [4.78, 5) is 1.39. The fourth-order valence-corrected chi connectivity index (χ4v) is 4.42. The molecule has 1 saturated carbocycles. The molecule has 0 aromatic carbocycles. The van der Waals surface area contributed by atoms with Crippen LogP contribution in [0.4, 0.5) is 0 Å². The minimum atomic E-state index is 0.468. The molecule has 0 saturated heterocycles. The third kappa shape index (κ3) is 3.59. The van der Waals surface area contributed by atoms with Gasteiger partial charge in [-0.05, 0) is 48.7 Å². The molecule has 20 heavy (non-hydrogen) atoms. The molecule has 1 fully saturated rings. The van der Waals surface area contributed by atoms with Crippen molar-refractivity contribution in [3.63, 3.8) is 0 Å². The van der Waals surface area contributed by atoms with Crippen molar-refractivity contribution in [2.75, 3.05) is 6.54 Å². The summed E-state index contributed by atoms with van der Waals surface area (Å²) in [6.07, 6.45) is 6.84. The Morgan fingerprint density at radius 1 is 1.20 bits per heavy atom. The maximum atomic E-state index is 4.37. The molecule has 114 valence electrons. The smallest absolute Gasteiger partial charge is 0.0829 e. The molecule has 1 aliphatic rings. The zero-order chi connectivity index (χ0) is 14.5. The molecule has 4 heteroatoms. The van der Waals surface area contributed by atoms with Crippen LogP contribution in [0.15, 0.2) is 0 Å². The van der Waals surface area contributed by atoms with E-state index in [0.29, 0.717) is 12.0 Å². The van der Waals surface area contributed by atoms with E-state index in [0.717, 1.165) is 18.4 Å². The van der Waals surface area contributed by atoms with Gasteiger partial charge in [0.2, 0.25) is 0 Å². The molecule has 0 aliphatic heterocycles. The van der Waals surface area contributed by atoms with Crippen molar-refractivity contribution in [2.45, 2.75) is 71.8 Å². The summed E-state index contributed by atoms with van der Waals surface area (Å²) in [6.45, 7) is 9.99. The number of nitrogens with one attached hydrogen (secondary N) is 1. The maximum absolute atomic E-state index is 4.37. The Kier molecular flexibility index (Phi) is 5.97. The second-order valence-corrected chi connectivity index (χ2v) is 7.19. The van der Waals surface area contributed by atoms with Crippen molar-refractivity contribution in [3.05, 3.63) is 10.6 Å². The van der Waals surface area contributed by atoms with E-state index in [4.69, 9.17) is 0 Å². The van der Waals surface area contributed by atoms with E-state index in [-0.39, 0.29) is 0 Å².